The topological polar surface area (TPSA) is 94.8 Å². The van der Waals surface area contributed by atoms with Gasteiger partial charge in [0, 0.05) is 16.6 Å². The van der Waals surface area contributed by atoms with E-state index in [1.54, 1.807) is 24.0 Å². The largest absolute Gasteiger partial charge is 0.479 e. The average molecular weight is 472 g/mol. The van der Waals surface area contributed by atoms with Gasteiger partial charge in [0.25, 0.3) is 11.8 Å². The van der Waals surface area contributed by atoms with E-state index < -0.39 is 12.1 Å². The summed E-state index contributed by atoms with van der Waals surface area (Å²) in [7, 11) is 0. The maximum atomic E-state index is 12.5. The van der Waals surface area contributed by atoms with Crippen molar-refractivity contribution in [1.82, 2.24) is 10.1 Å². The molecule has 2 heterocycles. The van der Waals surface area contributed by atoms with E-state index in [-0.39, 0.29) is 31.4 Å². The zero-order valence-electron chi connectivity index (χ0n) is 16.1. The van der Waals surface area contributed by atoms with E-state index in [9.17, 15) is 9.59 Å². The van der Waals surface area contributed by atoms with Crippen molar-refractivity contribution in [2.75, 3.05) is 11.4 Å². The van der Waals surface area contributed by atoms with Crippen LogP contribution < -0.4 is 9.64 Å². The molecule has 1 aliphatic heterocycles. The lowest BCUT2D eigenvalue weighted by Gasteiger charge is -2.32. The van der Waals surface area contributed by atoms with Gasteiger partial charge in [0.05, 0.1) is 12.1 Å². The van der Waals surface area contributed by atoms with Crippen molar-refractivity contribution in [3.05, 3.63) is 58.9 Å². The molecule has 9 heteroatoms. The van der Waals surface area contributed by atoms with E-state index in [0.29, 0.717) is 17.3 Å². The highest BCUT2D eigenvalue weighted by Crippen LogP contribution is 2.33. The Kier molecular flexibility index (Phi) is 5.80. The van der Waals surface area contributed by atoms with Crippen molar-refractivity contribution in [2.45, 2.75) is 26.1 Å². The van der Waals surface area contributed by atoms with Gasteiger partial charge in [-0.05, 0) is 31.2 Å². The predicted molar refractivity (Wildman–Crippen MR) is 111 cm³/mol. The molecule has 4 rings (SSSR count). The number of nitrogens with zero attached hydrogens (tertiary/aromatic N) is 3. The highest BCUT2D eigenvalue weighted by atomic mass is 79.9. The summed E-state index contributed by atoms with van der Waals surface area (Å²) in [5.74, 6) is 0.550. The van der Waals surface area contributed by atoms with E-state index in [4.69, 9.17) is 14.0 Å². The molecule has 0 fully saturated rings. The average Bonchev–Trinajstić information content (AvgIpc) is 3.22. The van der Waals surface area contributed by atoms with Gasteiger partial charge in [-0.15, -0.1) is 0 Å². The highest BCUT2D eigenvalue weighted by molar-refractivity contribution is 9.10. The Morgan fingerprint density at radius 3 is 2.90 bits per heavy atom. The number of hydrogen-bond donors (Lipinski definition) is 0. The quantitative estimate of drug-likeness (QED) is 0.505. The number of fused-ring (bicyclic) bond motifs is 1. The minimum absolute atomic E-state index is 0.0272. The van der Waals surface area contributed by atoms with Crippen LogP contribution in [-0.2, 0) is 20.9 Å². The first-order valence-electron chi connectivity index (χ1n) is 9.32. The lowest BCUT2D eigenvalue weighted by molar-refractivity contribution is -0.145. The van der Waals surface area contributed by atoms with E-state index >= 15 is 0 Å². The standard InChI is InChI=1S/C21H18BrN3O5/c1-13-21(27)25(16-7-2-3-8-17(16)29-13)10-9-19(26)28-12-18-23-20(24-30-18)14-5-4-6-15(22)11-14/h2-8,11,13H,9-10,12H2,1H3. The van der Waals surface area contributed by atoms with Crippen molar-refractivity contribution in [3.8, 4) is 17.1 Å². The lowest BCUT2D eigenvalue weighted by atomic mass is 10.2. The molecule has 0 aliphatic carbocycles. The second-order valence-electron chi connectivity index (χ2n) is 6.65. The number of para-hydroxylation sites is 2. The molecule has 0 saturated carbocycles. The number of ether oxygens (including phenoxy) is 2. The number of carbonyl (C=O) groups excluding carboxylic acids is 2. The Bertz CT molecular complexity index is 1080. The Morgan fingerprint density at radius 2 is 2.07 bits per heavy atom. The summed E-state index contributed by atoms with van der Waals surface area (Å²) in [5.41, 5.74) is 1.42. The van der Waals surface area contributed by atoms with Gasteiger partial charge in [-0.25, -0.2) is 0 Å². The number of halogens is 1. The minimum atomic E-state index is -0.606. The molecule has 0 N–H and O–H groups in total. The van der Waals surface area contributed by atoms with Crippen LogP contribution in [-0.4, -0.2) is 34.7 Å². The van der Waals surface area contributed by atoms with Gasteiger partial charge in [0.15, 0.2) is 12.7 Å². The molecule has 8 nitrogen and oxygen atoms in total. The number of aromatic nitrogens is 2. The van der Waals surface area contributed by atoms with Crippen LogP contribution in [0, 0.1) is 0 Å². The van der Waals surface area contributed by atoms with E-state index in [1.807, 2.05) is 36.4 Å². The molecule has 0 saturated heterocycles. The zero-order chi connectivity index (χ0) is 21.1. The maximum absolute atomic E-state index is 12.5. The minimum Gasteiger partial charge on any atom is -0.479 e. The molecule has 1 aromatic heterocycles. The van der Waals surface area contributed by atoms with E-state index in [2.05, 4.69) is 26.1 Å². The normalized spacial score (nSPS) is 15.5. The lowest BCUT2D eigenvalue weighted by Crippen LogP contribution is -2.45. The van der Waals surface area contributed by atoms with Gasteiger partial charge in [-0.2, -0.15) is 4.98 Å². The Labute approximate surface area is 180 Å². The van der Waals surface area contributed by atoms with Crippen LogP contribution in [0.15, 0.2) is 57.5 Å². The number of hydrogen-bond acceptors (Lipinski definition) is 7. The summed E-state index contributed by atoms with van der Waals surface area (Å²) >= 11 is 3.39. The number of carbonyl (C=O) groups is 2. The number of esters is 1. The number of amides is 1. The van der Waals surface area contributed by atoms with Crippen LogP contribution in [0.2, 0.25) is 0 Å². The first-order valence-corrected chi connectivity index (χ1v) is 10.1. The highest BCUT2D eigenvalue weighted by Gasteiger charge is 2.31. The molecule has 0 radical (unpaired) electrons. The molecular weight excluding hydrogens is 454 g/mol. The van der Waals surface area contributed by atoms with Crippen molar-refractivity contribution in [3.63, 3.8) is 0 Å². The number of rotatable bonds is 6. The monoisotopic (exact) mass is 471 g/mol. The van der Waals surface area contributed by atoms with E-state index in [1.165, 1.54) is 0 Å². The fourth-order valence-electron chi connectivity index (χ4n) is 3.07. The summed E-state index contributed by atoms with van der Waals surface area (Å²) in [6.45, 7) is 1.74. The summed E-state index contributed by atoms with van der Waals surface area (Å²) in [6.07, 6.45) is -0.579. The van der Waals surface area contributed by atoms with Crippen molar-refractivity contribution in [2.24, 2.45) is 0 Å². The van der Waals surface area contributed by atoms with Gasteiger partial charge >= 0.3 is 5.97 Å². The third-order valence-corrected chi connectivity index (χ3v) is 5.01. The number of anilines is 1. The summed E-state index contributed by atoms with van der Waals surface area (Å²) in [5, 5.41) is 3.90. The predicted octanol–water partition coefficient (Wildman–Crippen LogP) is 3.75. The van der Waals surface area contributed by atoms with Crippen molar-refractivity contribution in [1.29, 1.82) is 0 Å². The molecule has 3 aromatic rings. The van der Waals surface area contributed by atoms with Crippen molar-refractivity contribution < 1.29 is 23.6 Å². The van der Waals surface area contributed by atoms with Crippen LogP contribution >= 0.6 is 15.9 Å². The smallest absolute Gasteiger partial charge is 0.308 e. The molecule has 0 bridgehead atoms. The molecule has 1 aliphatic rings. The molecule has 1 amide bonds. The third kappa shape index (κ3) is 4.35. The van der Waals surface area contributed by atoms with E-state index in [0.717, 1.165) is 10.0 Å². The molecular formula is C21H18BrN3O5. The second-order valence-corrected chi connectivity index (χ2v) is 7.57. The molecule has 154 valence electrons. The van der Waals surface area contributed by atoms with Crippen LogP contribution in [0.4, 0.5) is 5.69 Å². The fraction of sp³-hybridized carbons (Fsp3) is 0.238. The first kappa shape index (κ1) is 20.1. The Balaban J connectivity index is 1.33. The second kappa shape index (κ2) is 8.66. The zero-order valence-corrected chi connectivity index (χ0v) is 17.7. The summed E-state index contributed by atoms with van der Waals surface area (Å²) in [4.78, 5) is 30.4. The van der Waals surface area contributed by atoms with Crippen molar-refractivity contribution >= 4 is 33.5 Å². The molecule has 2 aromatic carbocycles. The maximum Gasteiger partial charge on any atom is 0.308 e. The van der Waals surface area contributed by atoms with Crippen LogP contribution in [0.5, 0.6) is 5.75 Å². The molecule has 30 heavy (non-hydrogen) atoms. The Morgan fingerprint density at radius 1 is 1.23 bits per heavy atom. The summed E-state index contributed by atoms with van der Waals surface area (Å²) < 4.78 is 16.9. The van der Waals surface area contributed by atoms with Crippen LogP contribution in [0.25, 0.3) is 11.4 Å². The third-order valence-electron chi connectivity index (χ3n) is 4.52. The molecule has 1 atom stereocenters. The summed E-state index contributed by atoms with van der Waals surface area (Å²) in [6, 6.07) is 14.7. The molecule has 1 unspecified atom stereocenters. The fourth-order valence-corrected chi connectivity index (χ4v) is 3.46. The Hall–Kier alpha value is -3.20. The van der Waals surface area contributed by atoms with Gasteiger partial charge in [0.1, 0.15) is 5.75 Å². The molecule has 0 spiro atoms. The number of benzene rings is 2. The first-order chi connectivity index (χ1) is 14.5. The van der Waals surface area contributed by atoms with Crippen LogP contribution in [0.1, 0.15) is 19.2 Å². The SMILES string of the molecule is CC1Oc2ccccc2N(CCC(=O)OCc2nc(-c3cccc(Br)c3)no2)C1=O. The van der Waals surface area contributed by atoms with Gasteiger partial charge in [0.2, 0.25) is 5.82 Å². The van der Waals surface area contributed by atoms with Gasteiger partial charge < -0.3 is 18.9 Å². The van der Waals surface area contributed by atoms with Gasteiger partial charge in [-0.1, -0.05) is 45.4 Å². The van der Waals surface area contributed by atoms with Gasteiger partial charge in [-0.3, -0.25) is 9.59 Å². The van der Waals surface area contributed by atoms with Crippen LogP contribution in [0.3, 0.4) is 0 Å².